The number of guanidine groups is 1. The van der Waals surface area contributed by atoms with E-state index >= 15 is 0 Å². The van der Waals surface area contributed by atoms with Crippen molar-refractivity contribution >= 4 is 107 Å². The largest absolute Gasteiger partial charge is 0.481 e. The number of aliphatic imine (C=N–C) groups is 1. The summed E-state index contributed by atoms with van der Waals surface area (Å²) in [4.78, 5) is 237. The minimum Gasteiger partial charge on any atom is -0.481 e. The summed E-state index contributed by atoms with van der Waals surface area (Å²) in [5, 5.41) is 67.8. The Morgan fingerprint density at radius 1 is 0.480 bits per heavy atom. The molecule has 0 saturated carbocycles. The molecule has 1 aromatic heterocycles. The average molecular weight is 1450 g/mol. The van der Waals surface area contributed by atoms with Crippen LogP contribution in [0.1, 0.15) is 124 Å². The number of aliphatic hydroxyl groups is 2. The second kappa shape index (κ2) is 45.9. The van der Waals surface area contributed by atoms with Crippen LogP contribution in [-0.4, -0.2) is 242 Å². The van der Waals surface area contributed by atoms with Gasteiger partial charge in [-0.15, -0.1) is 0 Å². The molecule has 0 aromatic carbocycles. The number of carbonyl (C=O) groups is 17. The van der Waals surface area contributed by atoms with E-state index in [1.165, 1.54) is 33.3 Å². The third kappa shape index (κ3) is 34.4. The molecule has 31 N–H and O–H groups in total. The fraction of sp³-hybridized carbons (Fsp3) is 0.644. The van der Waals surface area contributed by atoms with Crippen LogP contribution in [-0.2, 0) is 87.9 Å². The predicted molar refractivity (Wildman–Crippen MR) is 357 cm³/mol. The molecule has 15 amide bonds. The maximum Gasteiger partial charge on any atom is 0.326 e. The number of imidazole rings is 1. The van der Waals surface area contributed by atoms with Crippen LogP contribution in [0.2, 0.25) is 0 Å². The average Bonchev–Trinajstić information content (AvgIpc) is 1.59. The smallest absolute Gasteiger partial charge is 0.326 e. The van der Waals surface area contributed by atoms with Gasteiger partial charge in [0, 0.05) is 37.7 Å². The van der Waals surface area contributed by atoms with E-state index in [1.54, 1.807) is 13.8 Å². The molecule has 0 saturated heterocycles. The molecule has 0 spiro atoms. The van der Waals surface area contributed by atoms with Crippen LogP contribution < -0.4 is 104 Å². The molecule has 0 radical (unpaired) electrons. The summed E-state index contributed by atoms with van der Waals surface area (Å²) >= 11 is 0. The third-order valence-corrected chi connectivity index (χ3v) is 14.8. The van der Waals surface area contributed by atoms with Gasteiger partial charge in [-0.3, -0.25) is 81.7 Å². The van der Waals surface area contributed by atoms with Gasteiger partial charge in [0.15, 0.2) is 5.96 Å². The molecule has 0 fully saturated rings. The minimum atomic E-state index is -2.15. The van der Waals surface area contributed by atoms with Gasteiger partial charge in [0.1, 0.15) is 72.5 Å². The molecule has 572 valence electrons. The molecule has 13 atom stereocenters. The van der Waals surface area contributed by atoms with Gasteiger partial charge in [-0.2, -0.15) is 0 Å². The fourth-order valence-corrected chi connectivity index (χ4v) is 9.42. The lowest BCUT2D eigenvalue weighted by molar-refractivity contribution is -0.144. The Bertz CT molecular complexity index is 3090. The first kappa shape index (κ1) is 89.3. The number of rotatable bonds is 50. The molecular weight excluding hydrogens is 1350 g/mol. The lowest BCUT2D eigenvalue weighted by Crippen LogP contribution is -2.62. The molecule has 0 aliphatic heterocycles. The summed E-state index contributed by atoms with van der Waals surface area (Å²) in [6.07, 6.45) is -4.89. The van der Waals surface area contributed by atoms with E-state index in [0.717, 1.165) is 6.92 Å². The van der Waals surface area contributed by atoms with Crippen molar-refractivity contribution in [2.24, 2.45) is 57.0 Å². The number of nitrogens with one attached hydrogen (secondary N) is 13. The van der Waals surface area contributed by atoms with Crippen molar-refractivity contribution in [2.75, 3.05) is 26.2 Å². The number of carboxylic acids is 2. The first-order valence-corrected chi connectivity index (χ1v) is 32.4. The van der Waals surface area contributed by atoms with Gasteiger partial charge in [0.05, 0.1) is 38.4 Å². The predicted octanol–water partition coefficient (Wildman–Crippen LogP) is -11.0. The topological polar surface area (TPSA) is 739 Å². The number of nitrogens with zero attached hydrogens (tertiary/aromatic N) is 2. The summed E-state index contributed by atoms with van der Waals surface area (Å²) in [6.45, 7) is 7.09. The van der Waals surface area contributed by atoms with Crippen molar-refractivity contribution in [1.82, 2.24) is 73.8 Å². The highest BCUT2D eigenvalue weighted by atomic mass is 16.4. The molecule has 1 heterocycles. The Kier molecular flexibility index (Phi) is 40.2. The zero-order chi connectivity index (χ0) is 77.7. The van der Waals surface area contributed by atoms with E-state index < -0.39 is 243 Å². The molecule has 0 bridgehead atoms. The third-order valence-electron chi connectivity index (χ3n) is 14.8. The minimum absolute atomic E-state index is 0.0810. The lowest BCUT2D eigenvalue weighted by Gasteiger charge is -2.28. The van der Waals surface area contributed by atoms with Crippen LogP contribution in [0.15, 0.2) is 17.5 Å². The van der Waals surface area contributed by atoms with Crippen LogP contribution in [0.4, 0.5) is 0 Å². The number of carboxylic acid groups (broad SMARTS) is 2. The zero-order valence-electron chi connectivity index (χ0n) is 57.5. The molecular formula is C59H100N22O21. The van der Waals surface area contributed by atoms with Gasteiger partial charge in [-0.25, -0.2) is 9.78 Å². The first-order valence-electron chi connectivity index (χ1n) is 32.4. The van der Waals surface area contributed by atoms with Crippen LogP contribution >= 0.6 is 0 Å². The Labute approximate surface area is 585 Å². The Morgan fingerprint density at radius 2 is 0.902 bits per heavy atom. The Hall–Kier alpha value is -10.7. The Balaban J connectivity index is 3.78. The standard InChI is InChI=1S/C59H100N22O21/c1-26(2)18-35(75-56(99)39(24-82)79-47(90)28(5)70-43(87)22-61)52(95)72-32(11-9-17-68-59(65)66)49(92)78-38(21-44(88)89)55(98)74-33(12-14-40(62)84)50(93)77-37(20-42(64)86)54(97)76-36(19-30-23-67-25-69-30)53(96)71-31(10-7-8-16-60)48(91)73-34(13-15-41(63)85)51(94)81-46(29(6)83)57(100)80-45(27(3)4)58(101)102/h23,25-29,31-39,45-46,82-83H,7-22,24,60-61H2,1-6H3,(H2,62,84)(H2,63,85)(H2,64,86)(H,67,69)(H,70,87)(H,71,96)(H,72,95)(H,73,91)(H,74,98)(H,75,99)(H,76,97)(H,77,93)(H,78,92)(H,79,90)(H,80,100)(H,81,94)(H,88,89)(H,101,102)(H4,65,66,68)/t28-,29+,31-,32-,33-,34-,35-,36-,37-,38-,39-,45-,46-/m0/s1. The van der Waals surface area contributed by atoms with Crippen molar-refractivity contribution in [2.45, 2.75) is 204 Å². The van der Waals surface area contributed by atoms with Crippen molar-refractivity contribution in [1.29, 1.82) is 0 Å². The maximum absolute atomic E-state index is 14.5. The number of aromatic amines is 1. The van der Waals surface area contributed by atoms with Crippen LogP contribution in [0.25, 0.3) is 0 Å². The van der Waals surface area contributed by atoms with Crippen LogP contribution in [0, 0.1) is 11.8 Å². The maximum atomic E-state index is 14.5. The first-order chi connectivity index (χ1) is 47.7. The van der Waals surface area contributed by atoms with Gasteiger partial charge < -0.3 is 129 Å². The van der Waals surface area contributed by atoms with E-state index in [1.807, 2.05) is 0 Å². The molecule has 0 aliphatic rings. The number of hydrogen-bond acceptors (Lipinski definition) is 23. The number of aliphatic carboxylic acids is 2. The second-order valence-corrected chi connectivity index (χ2v) is 24.4. The quantitative estimate of drug-likeness (QED) is 0.0164. The Morgan fingerprint density at radius 3 is 1.32 bits per heavy atom. The molecule has 1 rings (SSSR count). The van der Waals surface area contributed by atoms with Gasteiger partial charge in [-0.1, -0.05) is 27.7 Å². The number of carbonyl (C=O) groups excluding carboxylic acids is 15. The van der Waals surface area contributed by atoms with E-state index in [4.69, 9.17) is 40.1 Å². The van der Waals surface area contributed by atoms with Crippen molar-refractivity contribution in [3.8, 4) is 0 Å². The number of aliphatic hydroxyl groups excluding tert-OH is 2. The van der Waals surface area contributed by atoms with Crippen molar-refractivity contribution in [3.05, 3.63) is 18.2 Å². The van der Waals surface area contributed by atoms with Crippen molar-refractivity contribution in [3.63, 3.8) is 0 Å². The molecule has 43 heteroatoms. The number of aromatic nitrogens is 2. The number of hydrogen-bond donors (Lipinski definition) is 24. The fourth-order valence-electron chi connectivity index (χ4n) is 9.42. The number of nitrogens with two attached hydrogens (primary N) is 7. The summed E-state index contributed by atoms with van der Waals surface area (Å²) in [7, 11) is 0. The number of primary amides is 3. The van der Waals surface area contributed by atoms with Crippen LogP contribution in [0.3, 0.4) is 0 Å². The highest BCUT2D eigenvalue weighted by Gasteiger charge is 2.39. The number of unbranched alkanes of at least 4 members (excludes halogenated alkanes) is 1. The second-order valence-electron chi connectivity index (χ2n) is 24.4. The van der Waals surface area contributed by atoms with E-state index in [9.17, 15) is 102 Å². The van der Waals surface area contributed by atoms with E-state index in [2.05, 4.69) is 78.8 Å². The summed E-state index contributed by atoms with van der Waals surface area (Å²) < 4.78 is 0. The summed E-state index contributed by atoms with van der Waals surface area (Å²) in [5.74, 6) is -21.6. The van der Waals surface area contributed by atoms with Gasteiger partial charge >= 0.3 is 11.9 Å². The van der Waals surface area contributed by atoms with E-state index in [0.29, 0.717) is 0 Å². The highest BCUT2D eigenvalue weighted by molar-refractivity contribution is 6.01. The zero-order valence-corrected chi connectivity index (χ0v) is 57.5. The van der Waals surface area contributed by atoms with Gasteiger partial charge in [0.2, 0.25) is 88.6 Å². The summed E-state index contributed by atoms with van der Waals surface area (Å²) in [5.41, 5.74) is 38.4. The van der Waals surface area contributed by atoms with Gasteiger partial charge in [-0.05, 0) is 83.6 Å². The van der Waals surface area contributed by atoms with Crippen molar-refractivity contribution < 1.29 is 102 Å². The molecule has 0 unspecified atom stereocenters. The summed E-state index contributed by atoms with van der Waals surface area (Å²) in [6, 6.07) is -20.8. The molecule has 1 aromatic rings. The number of H-pyrrole nitrogens is 1. The normalized spacial score (nSPS) is 14.9. The highest BCUT2D eigenvalue weighted by Crippen LogP contribution is 2.13. The SMILES string of the molecule is CC(C)C[C@H](NC(=O)[C@H](CO)NC(=O)[C@H](C)NC(=O)CN)C(=O)N[C@@H](CCCN=C(N)N)C(=O)N[C@@H](CC(=O)O)C(=O)N[C@@H](CCC(N)=O)C(=O)N[C@@H](CC(N)=O)C(=O)N[C@@H](Cc1cnc[nH]1)C(=O)N[C@@H](CCCCN)C(=O)N[C@@H](CCC(N)=O)C(=O)N[C@H](C(=O)N[C@H](C(=O)O)C(C)C)[C@@H](C)O. The van der Waals surface area contributed by atoms with Gasteiger partial charge in [0.25, 0.3) is 0 Å². The molecule has 43 nitrogen and oxygen atoms in total. The monoisotopic (exact) mass is 1450 g/mol. The molecule has 0 aliphatic carbocycles. The van der Waals surface area contributed by atoms with Crippen LogP contribution in [0.5, 0.6) is 0 Å². The number of amides is 15. The molecule has 102 heavy (non-hydrogen) atoms. The van der Waals surface area contributed by atoms with E-state index in [-0.39, 0.29) is 69.2 Å². The lowest BCUT2D eigenvalue weighted by atomic mass is 10.0.